The standard InChI is InChI=1S/C14H21N3/c1-3-17(13-6-7-13)9-12-5-4-11(14(15)16)8-10(12)2/h4-5,8,13H,3,6-7,9H2,1-2H3,(H3,15,16). The van der Waals surface area contributed by atoms with Crippen LogP contribution < -0.4 is 5.73 Å². The number of rotatable bonds is 5. The number of benzene rings is 1. The zero-order chi connectivity index (χ0) is 12.4. The highest BCUT2D eigenvalue weighted by atomic mass is 15.2. The molecule has 0 spiro atoms. The Morgan fingerprint density at radius 3 is 2.65 bits per heavy atom. The number of hydrogen-bond donors (Lipinski definition) is 2. The molecule has 0 aliphatic heterocycles. The summed E-state index contributed by atoms with van der Waals surface area (Å²) < 4.78 is 0. The Bertz CT molecular complexity index is 421. The third-order valence-corrected chi connectivity index (χ3v) is 3.50. The van der Waals surface area contributed by atoms with Gasteiger partial charge < -0.3 is 5.73 Å². The van der Waals surface area contributed by atoms with E-state index in [4.69, 9.17) is 11.1 Å². The smallest absolute Gasteiger partial charge is 0.122 e. The number of nitrogens with two attached hydrogens (primary N) is 1. The maximum Gasteiger partial charge on any atom is 0.122 e. The topological polar surface area (TPSA) is 53.1 Å². The Morgan fingerprint density at radius 2 is 2.18 bits per heavy atom. The van der Waals surface area contributed by atoms with Crippen molar-refractivity contribution in [2.75, 3.05) is 6.54 Å². The Hall–Kier alpha value is -1.35. The first kappa shape index (κ1) is 12.1. The van der Waals surface area contributed by atoms with Gasteiger partial charge in [0.05, 0.1) is 0 Å². The Labute approximate surface area is 103 Å². The second-order valence-electron chi connectivity index (χ2n) is 4.85. The molecule has 0 heterocycles. The first-order chi connectivity index (χ1) is 8.11. The molecule has 3 heteroatoms. The first-order valence-electron chi connectivity index (χ1n) is 6.29. The van der Waals surface area contributed by atoms with Crippen molar-refractivity contribution in [3.05, 3.63) is 34.9 Å². The molecule has 17 heavy (non-hydrogen) atoms. The fourth-order valence-corrected chi connectivity index (χ4v) is 2.20. The minimum absolute atomic E-state index is 0.147. The molecule has 0 unspecified atom stereocenters. The van der Waals surface area contributed by atoms with Crippen molar-refractivity contribution >= 4 is 5.84 Å². The van der Waals surface area contributed by atoms with Crippen LogP contribution in [0.1, 0.15) is 36.5 Å². The van der Waals surface area contributed by atoms with Crippen molar-refractivity contribution in [3.63, 3.8) is 0 Å². The van der Waals surface area contributed by atoms with Gasteiger partial charge in [-0.1, -0.05) is 19.1 Å². The van der Waals surface area contributed by atoms with E-state index in [0.29, 0.717) is 0 Å². The van der Waals surface area contributed by atoms with Crippen molar-refractivity contribution in [3.8, 4) is 0 Å². The third-order valence-electron chi connectivity index (χ3n) is 3.50. The summed E-state index contributed by atoms with van der Waals surface area (Å²) in [6.07, 6.45) is 2.69. The van der Waals surface area contributed by atoms with E-state index in [1.54, 1.807) is 0 Å². The molecule has 2 rings (SSSR count). The number of nitrogen functional groups attached to an aromatic ring is 1. The summed E-state index contributed by atoms with van der Waals surface area (Å²) in [6.45, 7) is 6.45. The normalized spacial score (nSPS) is 15.2. The summed E-state index contributed by atoms with van der Waals surface area (Å²) in [4.78, 5) is 2.52. The highest BCUT2D eigenvalue weighted by Gasteiger charge is 2.27. The number of aryl methyl sites for hydroxylation is 1. The summed E-state index contributed by atoms with van der Waals surface area (Å²) in [5.41, 5.74) is 8.90. The fourth-order valence-electron chi connectivity index (χ4n) is 2.20. The zero-order valence-corrected chi connectivity index (χ0v) is 10.7. The van der Waals surface area contributed by atoms with Gasteiger partial charge >= 0.3 is 0 Å². The molecule has 0 bridgehead atoms. The summed E-state index contributed by atoms with van der Waals surface area (Å²) in [6, 6.07) is 6.87. The number of hydrogen-bond acceptors (Lipinski definition) is 2. The van der Waals surface area contributed by atoms with E-state index in [2.05, 4.69) is 24.8 Å². The van der Waals surface area contributed by atoms with E-state index in [0.717, 1.165) is 24.7 Å². The van der Waals surface area contributed by atoms with Crippen molar-refractivity contribution in [2.45, 2.75) is 39.3 Å². The summed E-state index contributed by atoms with van der Waals surface area (Å²) in [5.74, 6) is 0.147. The molecule has 1 aromatic carbocycles. The minimum atomic E-state index is 0.147. The number of amidine groups is 1. The molecule has 0 saturated heterocycles. The SMILES string of the molecule is CCN(Cc1ccc(C(=N)N)cc1C)C1CC1. The number of nitrogens with one attached hydrogen (secondary N) is 1. The average Bonchev–Trinajstić information content (AvgIpc) is 3.11. The van der Waals surface area contributed by atoms with Gasteiger partial charge in [0, 0.05) is 18.2 Å². The van der Waals surface area contributed by atoms with Crippen LogP contribution in [-0.4, -0.2) is 23.3 Å². The Balaban J connectivity index is 2.12. The Morgan fingerprint density at radius 1 is 1.47 bits per heavy atom. The molecule has 0 atom stereocenters. The lowest BCUT2D eigenvalue weighted by Gasteiger charge is -2.21. The van der Waals surface area contributed by atoms with E-state index in [-0.39, 0.29) is 5.84 Å². The molecule has 92 valence electrons. The van der Waals surface area contributed by atoms with Crippen LogP contribution in [0, 0.1) is 12.3 Å². The van der Waals surface area contributed by atoms with Gasteiger partial charge in [0.25, 0.3) is 0 Å². The van der Waals surface area contributed by atoms with Crippen LogP contribution in [0.15, 0.2) is 18.2 Å². The predicted molar refractivity (Wildman–Crippen MR) is 71.3 cm³/mol. The van der Waals surface area contributed by atoms with Crippen LogP contribution in [0.4, 0.5) is 0 Å². The van der Waals surface area contributed by atoms with E-state index < -0.39 is 0 Å². The molecule has 3 nitrogen and oxygen atoms in total. The maximum absolute atomic E-state index is 7.43. The lowest BCUT2D eigenvalue weighted by molar-refractivity contribution is 0.269. The first-order valence-corrected chi connectivity index (χ1v) is 6.29. The van der Waals surface area contributed by atoms with Crippen LogP contribution in [0.2, 0.25) is 0 Å². The zero-order valence-electron chi connectivity index (χ0n) is 10.7. The van der Waals surface area contributed by atoms with E-state index in [1.165, 1.54) is 24.0 Å². The van der Waals surface area contributed by atoms with Gasteiger partial charge in [-0.05, 0) is 43.5 Å². The van der Waals surface area contributed by atoms with Crippen LogP contribution in [0.3, 0.4) is 0 Å². The van der Waals surface area contributed by atoms with Crippen LogP contribution in [-0.2, 0) is 6.54 Å². The lowest BCUT2D eigenvalue weighted by atomic mass is 10.0. The molecule has 3 N–H and O–H groups in total. The molecule has 1 aliphatic rings. The largest absolute Gasteiger partial charge is 0.384 e. The molecule has 0 radical (unpaired) electrons. The summed E-state index contributed by atoms with van der Waals surface area (Å²) >= 11 is 0. The number of nitrogens with zero attached hydrogens (tertiary/aromatic N) is 1. The monoisotopic (exact) mass is 231 g/mol. The fraction of sp³-hybridized carbons (Fsp3) is 0.500. The molecule has 1 aliphatic carbocycles. The van der Waals surface area contributed by atoms with Gasteiger partial charge in [-0.2, -0.15) is 0 Å². The Kier molecular flexibility index (Phi) is 3.48. The molecule has 0 aromatic heterocycles. The van der Waals surface area contributed by atoms with Gasteiger partial charge in [-0.25, -0.2) is 0 Å². The minimum Gasteiger partial charge on any atom is -0.384 e. The van der Waals surface area contributed by atoms with Gasteiger partial charge in [0.15, 0.2) is 0 Å². The van der Waals surface area contributed by atoms with Gasteiger partial charge in [0.1, 0.15) is 5.84 Å². The molecular formula is C14H21N3. The van der Waals surface area contributed by atoms with Crippen LogP contribution in [0.25, 0.3) is 0 Å². The van der Waals surface area contributed by atoms with E-state index in [1.807, 2.05) is 12.1 Å². The summed E-state index contributed by atoms with van der Waals surface area (Å²) in [5, 5.41) is 7.43. The average molecular weight is 231 g/mol. The van der Waals surface area contributed by atoms with Crippen molar-refractivity contribution in [1.29, 1.82) is 5.41 Å². The van der Waals surface area contributed by atoms with Crippen molar-refractivity contribution in [2.24, 2.45) is 5.73 Å². The summed E-state index contributed by atoms with van der Waals surface area (Å²) in [7, 11) is 0. The molecule has 1 aromatic rings. The van der Waals surface area contributed by atoms with E-state index >= 15 is 0 Å². The maximum atomic E-state index is 7.43. The van der Waals surface area contributed by atoms with Crippen molar-refractivity contribution < 1.29 is 0 Å². The van der Waals surface area contributed by atoms with E-state index in [9.17, 15) is 0 Å². The molecule has 0 amide bonds. The predicted octanol–water partition coefficient (Wildman–Crippen LogP) is 2.26. The second-order valence-corrected chi connectivity index (χ2v) is 4.85. The second kappa shape index (κ2) is 4.88. The van der Waals surface area contributed by atoms with Crippen LogP contribution in [0.5, 0.6) is 0 Å². The van der Waals surface area contributed by atoms with Gasteiger partial charge in [-0.3, -0.25) is 10.3 Å². The van der Waals surface area contributed by atoms with Gasteiger partial charge in [0.2, 0.25) is 0 Å². The highest BCUT2D eigenvalue weighted by Crippen LogP contribution is 2.28. The van der Waals surface area contributed by atoms with Crippen LogP contribution >= 0.6 is 0 Å². The lowest BCUT2D eigenvalue weighted by Crippen LogP contribution is -2.25. The quantitative estimate of drug-likeness (QED) is 0.603. The van der Waals surface area contributed by atoms with Crippen molar-refractivity contribution in [1.82, 2.24) is 4.90 Å². The molecule has 1 fully saturated rings. The van der Waals surface area contributed by atoms with Gasteiger partial charge in [-0.15, -0.1) is 0 Å². The third kappa shape index (κ3) is 2.86. The highest BCUT2D eigenvalue weighted by molar-refractivity contribution is 5.95. The molecule has 1 saturated carbocycles. The molecular weight excluding hydrogens is 210 g/mol.